The summed E-state index contributed by atoms with van der Waals surface area (Å²) in [6, 6.07) is 8.23. The van der Waals surface area contributed by atoms with Crippen molar-refractivity contribution in [2.75, 3.05) is 37.7 Å². The monoisotopic (exact) mass is 295 g/mol. The zero-order valence-corrected chi connectivity index (χ0v) is 12.4. The van der Waals surface area contributed by atoms with Crippen LogP contribution in [0.25, 0.3) is 0 Å². The summed E-state index contributed by atoms with van der Waals surface area (Å²) in [6.45, 7) is 3.10. The first-order chi connectivity index (χ1) is 9.62. The van der Waals surface area contributed by atoms with E-state index in [1.807, 2.05) is 12.1 Å². The number of ether oxygens (including phenoxy) is 1. The topological polar surface area (TPSA) is 46.6 Å². The summed E-state index contributed by atoms with van der Waals surface area (Å²) in [6.07, 6.45) is 2.07. The number of fused-ring (bicyclic) bond motifs is 1. The first-order valence-corrected chi connectivity index (χ1v) is 9.08. The average Bonchev–Trinajstić information content (AvgIpc) is 2.63. The van der Waals surface area contributed by atoms with E-state index in [1.54, 1.807) is 0 Å². The molecule has 1 saturated heterocycles. The lowest BCUT2D eigenvalue weighted by Crippen LogP contribution is -2.42. The lowest BCUT2D eigenvalue weighted by Gasteiger charge is -2.29. The van der Waals surface area contributed by atoms with Crippen molar-refractivity contribution in [2.24, 2.45) is 5.92 Å². The SMILES string of the molecule is O=S1(=O)CCN(C[C@H]2CCOc3ccccc3C2)CC1. The summed E-state index contributed by atoms with van der Waals surface area (Å²) < 4.78 is 28.7. The van der Waals surface area contributed by atoms with Gasteiger partial charge in [0.2, 0.25) is 0 Å². The quantitative estimate of drug-likeness (QED) is 0.826. The fourth-order valence-corrected chi connectivity index (χ4v) is 4.29. The number of sulfone groups is 1. The van der Waals surface area contributed by atoms with E-state index in [9.17, 15) is 8.42 Å². The molecular weight excluding hydrogens is 274 g/mol. The van der Waals surface area contributed by atoms with E-state index in [1.165, 1.54) is 5.56 Å². The van der Waals surface area contributed by atoms with Gasteiger partial charge in [-0.3, -0.25) is 0 Å². The Morgan fingerprint density at radius 2 is 1.95 bits per heavy atom. The largest absolute Gasteiger partial charge is 0.493 e. The van der Waals surface area contributed by atoms with E-state index in [4.69, 9.17) is 4.74 Å². The normalized spacial score (nSPS) is 26.3. The molecule has 0 N–H and O–H groups in total. The van der Waals surface area contributed by atoms with Crippen LogP contribution in [0.1, 0.15) is 12.0 Å². The van der Waals surface area contributed by atoms with Gasteiger partial charge in [-0.2, -0.15) is 0 Å². The second kappa shape index (κ2) is 5.74. The molecule has 0 radical (unpaired) electrons. The van der Waals surface area contributed by atoms with Crippen molar-refractivity contribution in [1.82, 2.24) is 4.90 Å². The van der Waals surface area contributed by atoms with Crippen molar-refractivity contribution in [3.63, 3.8) is 0 Å². The molecule has 2 aliphatic heterocycles. The Morgan fingerprint density at radius 3 is 2.75 bits per heavy atom. The molecule has 0 aliphatic carbocycles. The lowest BCUT2D eigenvalue weighted by atomic mass is 9.96. The van der Waals surface area contributed by atoms with E-state index in [2.05, 4.69) is 17.0 Å². The van der Waals surface area contributed by atoms with Gasteiger partial charge in [-0.1, -0.05) is 18.2 Å². The Bertz CT molecular complexity index is 556. The summed E-state index contributed by atoms with van der Waals surface area (Å²) in [4.78, 5) is 2.29. The molecule has 0 amide bonds. The van der Waals surface area contributed by atoms with Gasteiger partial charge in [-0.05, 0) is 30.4 Å². The van der Waals surface area contributed by atoms with Crippen molar-refractivity contribution in [3.05, 3.63) is 29.8 Å². The maximum Gasteiger partial charge on any atom is 0.152 e. The first kappa shape index (κ1) is 13.9. The van der Waals surface area contributed by atoms with Crippen molar-refractivity contribution in [2.45, 2.75) is 12.8 Å². The molecule has 0 unspecified atom stereocenters. The zero-order chi connectivity index (χ0) is 14.0. The van der Waals surface area contributed by atoms with Crippen molar-refractivity contribution < 1.29 is 13.2 Å². The van der Waals surface area contributed by atoms with Gasteiger partial charge in [0.1, 0.15) is 5.75 Å². The highest BCUT2D eigenvalue weighted by Crippen LogP contribution is 2.27. The number of nitrogens with zero attached hydrogens (tertiary/aromatic N) is 1. The Labute approximate surface area is 120 Å². The fraction of sp³-hybridized carbons (Fsp3) is 0.600. The van der Waals surface area contributed by atoms with Crippen LogP contribution < -0.4 is 4.74 Å². The summed E-state index contributed by atoms with van der Waals surface area (Å²) in [5.41, 5.74) is 1.28. The van der Waals surface area contributed by atoms with Gasteiger partial charge >= 0.3 is 0 Å². The van der Waals surface area contributed by atoms with Gasteiger partial charge in [-0.25, -0.2) is 8.42 Å². The smallest absolute Gasteiger partial charge is 0.152 e. The van der Waals surface area contributed by atoms with E-state index in [0.717, 1.165) is 31.7 Å². The van der Waals surface area contributed by atoms with Crippen LogP contribution >= 0.6 is 0 Å². The number of hydrogen-bond donors (Lipinski definition) is 0. The van der Waals surface area contributed by atoms with Gasteiger partial charge in [0.15, 0.2) is 9.84 Å². The molecule has 20 heavy (non-hydrogen) atoms. The van der Waals surface area contributed by atoms with Crippen molar-refractivity contribution >= 4 is 9.84 Å². The molecule has 2 aliphatic rings. The molecule has 2 heterocycles. The average molecular weight is 295 g/mol. The van der Waals surface area contributed by atoms with E-state index in [-0.39, 0.29) is 0 Å². The summed E-state index contributed by atoms with van der Waals surface area (Å²) in [5.74, 6) is 2.19. The van der Waals surface area contributed by atoms with E-state index >= 15 is 0 Å². The van der Waals surface area contributed by atoms with Gasteiger partial charge in [-0.15, -0.1) is 0 Å². The minimum absolute atomic E-state index is 0.312. The van der Waals surface area contributed by atoms with Gasteiger partial charge < -0.3 is 9.64 Å². The van der Waals surface area contributed by atoms with E-state index in [0.29, 0.717) is 30.5 Å². The Balaban J connectivity index is 1.61. The van der Waals surface area contributed by atoms with Crippen LogP contribution in [-0.4, -0.2) is 51.1 Å². The van der Waals surface area contributed by atoms with Gasteiger partial charge in [0.25, 0.3) is 0 Å². The van der Waals surface area contributed by atoms with Gasteiger partial charge in [0.05, 0.1) is 18.1 Å². The third kappa shape index (κ3) is 3.33. The van der Waals surface area contributed by atoms with Gasteiger partial charge in [0, 0.05) is 19.6 Å². The maximum absolute atomic E-state index is 11.5. The molecule has 1 fully saturated rings. The van der Waals surface area contributed by atoms with E-state index < -0.39 is 9.84 Å². The highest BCUT2D eigenvalue weighted by atomic mass is 32.2. The molecule has 0 aromatic heterocycles. The number of rotatable bonds is 2. The molecule has 4 nitrogen and oxygen atoms in total. The summed E-state index contributed by atoms with van der Waals surface area (Å²) in [7, 11) is -2.78. The molecular formula is C15H21NO3S. The van der Waals surface area contributed by atoms with Crippen LogP contribution in [0.2, 0.25) is 0 Å². The second-order valence-corrected chi connectivity index (χ2v) is 8.07. The molecule has 0 bridgehead atoms. The van der Waals surface area contributed by atoms with Crippen LogP contribution in [-0.2, 0) is 16.3 Å². The lowest BCUT2D eigenvalue weighted by molar-refractivity contribution is 0.221. The standard InChI is InChI=1S/C15H21NO3S/c17-20(18)9-6-16(7-10-20)12-13-5-8-19-15-4-2-1-3-14(15)11-13/h1-4,13H,5-12H2/t13-/m0/s1. The summed E-state index contributed by atoms with van der Waals surface area (Å²) in [5, 5.41) is 0. The summed E-state index contributed by atoms with van der Waals surface area (Å²) >= 11 is 0. The van der Waals surface area contributed by atoms with Crippen LogP contribution in [0.15, 0.2) is 24.3 Å². The molecule has 110 valence electrons. The zero-order valence-electron chi connectivity index (χ0n) is 11.6. The molecule has 0 spiro atoms. The maximum atomic E-state index is 11.5. The predicted molar refractivity (Wildman–Crippen MR) is 78.8 cm³/mol. The first-order valence-electron chi connectivity index (χ1n) is 7.26. The van der Waals surface area contributed by atoms with Crippen LogP contribution in [0.4, 0.5) is 0 Å². The second-order valence-electron chi connectivity index (χ2n) is 5.77. The molecule has 1 aromatic carbocycles. The van der Waals surface area contributed by atoms with Crippen LogP contribution in [0.3, 0.4) is 0 Å². The Morgan fingerprint density at radius 1 is 1.20 bits per heavy atom. The highest BCUT2D eigenvalue weighted by molar-refractivity contribution is 7.91. The number of benzene rings is 1. The van der Waals surface area contributed by atoms with Crippen LogP contribution in [0, 0.1) is 5.92 Å². The molecule has 1 aromatic rings. The number of hydrogen-bond acceptors (Lipinski definition) is 4. The number of para-hydroxylation sites is 1. The predicted octanol–water partition coefficient (Wildman–Crippen LogP) is 1.36. The molecule has 3 rings (SSSR count). The van der Waals surface area contributed by atoms with Crippen LogP contribution in [0.5, 0.6) is 5.75 Å². The van der Waals surface area contributed by atoms with Crippen molar-refractivity contribution in [1.29, 1.82) is 0 Å². The highest BCUT2D eigenvalue weighted by Gasteiger charge is 2.25. The Kier molecular flexibility index (Phi) is 3.98. The third-order valence-electron chi connectivity index (χ3n) is 4.22. The fourth-order valence-electron chi connectivity index (χ4n) is 3.02. The molecule has 1 atom stereocenters. The minimum Gasteiger partial charge on any atom is -0.493 e. The minimum atomic E-state index is -2.78. The molecule has 5 heteroatoms. The van der Waals surface area contributed by atoms with Crippen molar-refractivity contribution in [3.8, 4) is 5.75 Å². The Hall–Kier alpha value is -1.07. The molecule has 0 saturated carbocycles. The third-order valence-corrected chi connectivity index (χ3v) is 5.83.